The van der Waals surface area contributed by atoms with Crippen molar-refractivity contribution in [1.82, 2.24) is 0 Å². The third-order valence-electron chi connectivity index (χ3n) is 2.16. The van der Waals surface area contributed by atoms with E-state index in [0.717, 1.165) is 17.6 Å². The minimum atomic E-state index is -0.0114. The van der Waals surface area contributed by atoms with Gasteiger partial charge in [0.1, 0.15) is 0 Å². The summed E-state index contributed by atoms with van der Waals surface area (Å²) in [6.45, 7) is 0. The van der Waals surface area contributed by atoms with E-state index in [1.54, 1.807) is 0 Å². The normalized spacial score (nSPS) is 21.8. The fourth-order valence-corrected chi connectivity index (χ4v) is 1.91. The summed E-state index contributed by atoms with van der Waals surface area (Å²) in [5.41, 5.74) is 1.87. The van der Waals surface area contributed by atoms with E-state index in [1.165, 1.54) is 0 Å². The van der Waals surface area contributed by atoms with Gasteiger partial charge in [-0.25, -0.2) is 0 Å². The summed E-state index contributed by atoms with van der Waals surface area (Å²) >= 11 is 3.34. The second-order valence-corrected chi connectivity index (χ2v) is 4.16. The van der Waals surface area contributed by atoms with Gasteiger partial charge in [0.2, 0.25) is 0 Å². The fourth-order valence-electron chi connectivity index (χ4n) is 1.48. The Balaban J connectivity index is 2.34. The molecule has 1 nitrogen and oxygen atoms in total. The maximum Gasteiger partial charge on any atom is 0.177 e. The minimum Gasteiger partial charge on any atom is -0.293 e. The first-order valence-corrected chi connectivity index (χ1v) is 5.14. The first-order chi connectivity index (χ1) is 6.29. The van der Waals surface area contributed by atoms with Gasteiger partial charge in [0, 0.05) is 5.57 Å². The highest BCUT2D eigenvalue weighted by atomic mass is 79.9. The van der Waals surface area contributed by atoms with Gasteiger partial charge in [-0.1, -0.05) is 52.3 Å². The van der Waals surface area contributed by atoms with E-state index in [0.29, 0.717) is 0 Å². The average Bonchev–Trinajstić information content (AvgIpc) is 2.49. The predicted molar refractivity (Wildman–Crippen MR) is 56.8 cm³/mol. The second kappa shape index (κ2) is 3.46. The Bertz CT molecular complexity index is 354. The number of benzene rings is 1. The van der Waals surface area contributed by atoms with Crippen molar-refractivity contribution in [1.29, 1.82) is 0 Å². The van der Waals surface area contributed by atoms with E-state index in [2.05, 4.69) is 15.9 Å². The van der Waals surface area contributed by atoms with E-state index in [4.69, 9.17) is 0 Å². The maximum atomic E-state index is 11.6. The van der Waals surface area contributed by atoms with Gasteiger partial charge in [-0.15, -0.1) is 0 Å². The van der Waals surface area contributed by atoms with Gasteiger partial charge >= 0.3 is 0 Å². The summed E-state index contributed by atoms with van der Waals surface area (Å²) in [6.07, 6.45) is 2.81. The van der Waals surface area contributed by atoms with Crippen molar-refractivity contribution >= 4 is 27.3 Å². The average molecular weight is 237 g/mol. The lowest BCUT2D eigenvalue weighted by Gasteiger charge is -2.01. The molecule has 1 aliphatic rings. The smallest absolute Gasteiger partial charge is 0.177 e. The summed E-state index contributed by atoms with van der Waals surface area (Å²) in [7, 11) is 0. The molecular formula is C11H9BrO. The topological polar surface area (TPSA) is 17.1 Å². The third kappa shape index (κ3) is 1.59. The van der Waals surface area contributed by atoms with Crippen LogP contribution >= 0.6 is 15.9 Å². The second-order valence-electron chi connectivity index (χ2n) is 3.05. The zero-order chi connectivity index (χ0) is 9.26. The minimum absolute atomic E-state index is 0.0114. The molecule has 0 saturated heterocycles. The van der Waals surface area contributed by atoms with Crippen molar-refractivity contribution in [3.05, 3.63) is 42.0 Å². The first-order valence-electron chi connectivity index (χ1n) is 4.23. The Hall–Kier alpha value is -0.890. The number of allylic oxidation sites excluding steroid dienone is 2. The van der Waals surface area contributed by atoms with Crippen LogP contribution < -0.4 is 0 Å². The highest BCUT2D eigenvalue weighted by Crippen LogP contribution is 2.28. The lowest BCUT2D eigenvalue weighted by atomic mass is 10.1. The number of rotatable bonds is 1. The van der Waals surface area contributed by atoms with Crippen molar-refractivity contribution in [3.63, 3.8) is 0 Å². The molecule has 1 aliphatic carbocycles. The summed E-state index contributed by atoms with van der Waals surface area (Å²) in [6, 6.07) is 9.79. The van der Waals surface area contributed by atoms with Gasteiger partial charge in [0.15, 0.2) is 5.78 Å². The van der Waals surface area contributed by atoms with Crippen LogP contribution in [0.2, 0.25) is 0 Å². The molecular weight excluding hydrogens is 228 g/mol. The molecule has 0 saturated carbocycles. The van der Waals surface area contributed by atoms with Crippen molar-refractivity contribution in [3.8, 4) is 0 Å². The number of hydrogen-bond donors (Lipinski definition) is 0. The van der Waals surface area contributed by atoms with E-state index in [-0.39, 0.29) is 10.6 Å². The SMILES string of the molecule is O=C1C(c2ccccc2)=CC[C@@H]1Br. The number of carbonyl (C=O) groups excluding carboxylic acids is 1. The molecule has 1 aromatic carbocycles. The summed E-state index contributed by atoms with van der Waals surface area (Å²) in [5, 5.41) is 0. The number of hydrogen-bond acceptors (Lipinski definition) is 1. The van der Waals surface area contributed by atoms with E-state index < -0.39 is 0 Å². The Morgan fingerprint density at radius 1 is 1.23 bits per heavy atom. The molecule has 1 aromatic rings. The molecule has 13 heavy (non-hydrogen) atoms. The number of carbonyl (C=O) groups is 1. The largest absolute Gasteiger partial charge is 0.293 e. The number of halogens is 1. The number of alkyl halides is 1. The predicted octanol–water partition coefficient (Wildman–Crippen LogP) is 2.81. The van der Waals surface area contributed by atoms with Crippen molar-refractivity contribution in [2.75, 3.05) is 0 Å². The van der Waals surface area contributed by atoms with Crippen LogP contribution in [0.25, 0.3) is 5.57 Å². The van der Waals surface area contributed by atoms with Crippen LogP contribution in [0.3, 0.4) is 0 Å². The molecule has 0 aromatic heterocycles. The molecule has 0 aliphatic heterocycles. The van der Waals surface area contributed by atoms with E-state index >= 15 is 0 Å². The standard InChI is InChI=1S/C11H9BrO/c12-10-7-6-9(11(10)13)8-4-2-1-3-5-8/h1-6,10H,7H2/t10-/m0/s1. The van der Waals surface area contributed by atoms with Crippen LogP contribution in [-0.2, 0) is 4.79 Å². The molecule has 0 spiro atoms. The summed E-state index contributed by atoms with van der Waals surface area (Å²) < 4.78 is 0. The van der Waals surface area contributed by atoms with Crippen LogP contribution in [-0.4, -0.2) is 10.6 Å². The van der Waals surface area contributed by atoms with Crippen molar-refractivity contribution in [2.45, 2.75) is 11.2 Å². The highest BCUT2D eigenvalue weighted by Gasteiger charge is 2.25. The molecule has 1 atom stereocenters. The lowest BCUT2D eigenvalue weighted by Crippen LogP contribution is -2.07. The molecule has 0 unspecified atom stereocenters. The van der Waals surface area contributed by atoms with E-state index in [1.807, 2.05) is 36.4 Å². The van der Waals surface area contributed by atoms with Gasteiger partial charge in [-0.05, 0) is 12.0 Å². The van der Waals surface area contributed by atoms with Crippen LogP contribution in [0, 0.1) is 0 Å². The van der Waals surface area contributed by atoms with Gasteiger partial charge < -0.3 is 0 Å². The van der Waals surface area contributed by atoms with Crippen LogP contribution in [0.4, 0.5) is 0 Å². The van der Waals surface area contributed by atoms with Crippen LogP contribution in [0.1, 0.15) is 12.0 Å². The summed E-state index contributed by atoms with van der Waals surface area (Å²) in [5.74, 6) is 0.200. The molecule has 0 N–H and O–H groups in total. The first kappa shape index (κ1) is 8.70. The Morgan fingerprint density at radius 2 is 1.92 bits per heavy atom. The molecule has 0 heterocycles. The Morgan fingerprint density at radius 3 is 2.46 bits per heavy atom. The van der Waals surface area contributed by atoms with Crippen LogP contribution in [0.5, 0.6) is 0 Å². The van der Waals surface area contributed by atoms with E-state index in [9.17, 15) is 4.79 Å². The zero-order valence-electron chi connectivity index (χ0n) is 7.03. The molecule has 0 fully saturated rings. The van der Waals surface area contributed by atoms with Crippen molar-refractivity contribution in [2.24, 2.45) is 0 Å². The molecule has 0 bridgehead atoms. The fraction of sp³-hybridized carbons (Fsp3) is 0.182. The Labute approximate surface area is 85.6 Å². The number of ketones is 1. The zero-order valence-corrected chi connectivity index (χ0v) is 8.62. The third-order valence-corrected chi connectivity index (χ3v) is 2.95. The summed E-state index contributed by atoms with van der Waals surface area (Å²) in [4.78, 5) is 11.6. The Kier molecular flexibility index (Phi) is 2.32. The number of Topliss-reactive ketones (excluding diaryl/α,β-unsaturated/α-hetero) is 1. The van der Waals surface area contributed by atoms with Gasteiger partial charge in [-0.3, -0.25) is 4.79 Å². The molecule has 0 radical (unpaired) electrons. The van der Waals surface area contributed by atoms with Crippen LogP contribution in [0.15, 0.2) is 36.4 Å². The quantitative estimate of drug-likeness (QED) is 0.686. The maximum absolute atomic E-state index is 11.6. The molecule has 2 heteroatoms. The van der Waals surface area contributed by atoms with Gasteiger partial charge in [0.25, 0.3) is 0 Å². The molecule has 0 amide bonds. The molecule has 66 valence electrons. The highest BCUT2D eigenvalue weighted by molar-refractivity contribution is 9.10. The molecule has 2 rings (SSSR count). The van der Waals surface area contributed by atoms with Gasteiger partial charge in [0.05, 0.1) is 4.83 Å². The van der Waals surface area contributed by atoms with Crippen molar-refractivity contribution < 1.29 is 4.79 Å². The lowest BCUT2D eigenvalue weighted by molar-refractivity contribution is -0.112. The van der Waals surface area contributed by atoms with Gasteiger partial charge in [-0.2, -0.15) is 0 Å². The monoisotopic (exact) mass is 236 g/mol.